The average molecular weight is 631 g/mol. The SMILES string of the molecule is c1cc(-c2cc3c4ccccc4c4ccccc4c3c3ccccc23)cc(-c2cc3c4ccccc4c4ccccc4c3c3ccccc23)c1. The van der Waals surface area contributed by atoms with Crippen LogP contribution in [0.25, 0.3) is 108 Å². The van der Waals surface area contributed by atoms with Crippen molar-refractivity contribution in [3.8, 4) is 22.3 Å². The Morgan fingerprint density at radius 1 is 0.180 bits per heavy atom. The van der Waals surface area contributed by atoms with E-state index in [1.165, 1.54) is 108 Å². The fourth-order valence-corrected chi connectivity index (χ4v) is 8.87. The molecule has 0 aliphatic heterocycles. The zero-order valence-electron chi connectivity index (χ0n) is 27.3. The topological polar surface area (TPSA) is 0 Å². The van der Waals surface area contributed by atoms with Crippen LogP contribution in [0.15, 0.2) is 182 Å². The largest absolute Gasteiger partial charge is 0.0616 e. The van der Waals surface area contributed by atoms with E-state index in [2.05, 4.69) is 182 Å². The fraction of sp³-hybridized carbons (Fsp3) is 0. The van der Waals surface area contributed by atoms with Crippen molar-refractivity contribution < 1.29 is 0 Å². The van der Waals surface area contributed by atoms with Gasteiger partial charge in [-0.2, -0.15) is 0 Å². The van der Waals surface area contributed by atoms with Crippen molar-refractivity contribution >= 4 is 86.2 Å². The third kappa shape index (κ3) is 3.82. The summed E-state index contributed by atoms with van der Waals surface area (Å²) in [6.07, 6.45) is 0. The van der Waals surface area contributed by atoms with E-state index in [1.54, 1.807) is 0 Å². The minimum Gasteiger partial charge on any atom is -0.0616 e. The minimum atomic E-state index is 1.23. The summed E-state index contributed by atoms with van der Waals surface area (Å²) in [4.78, 5) is 0. The maximum Gasteiger partial charge on any atom is -0.00199 e. The summed E-state index contributed by atoms with van der Waals surface area (Å²) >= 11 is 0. The molecular weight excluding hydrogens is 601 g/mol. The van der Waals surface area contributed by atoms with E-state index >= 15 is 0 Å². The van der Waals surface area contributed by atoms with Gasteiger partial charge in [-0.25, -0.2) is 0 Å². The zero-order valence-corrected chi connectivity index (χ0v) is 27.3. The summed E-state index contributed by atoms with van der Waals surface area (Å²) in [6, 6.07) is 67.6. The van der Waals surface area contributed by atoms with E-state index in [0.29, 0.717) is 0 Å². The van der Waals surface area contributed by atoms with Crippen LogP contribution in [0.1, 0.15) is 0 Å². The average Bonchev–Trinajstić information content (AvgIpc) is 3.20. The van der Waals surface area contributed by atoms with Crippen molar-refractivity contribution in [3.63, 3.8) is 0 Å². The Kier molecular flexibility index (Phi) is 5.76. The Labute approximate surface area is 289 Å². The molecule has 11 aromatic carbocycles. The van der Waals surface area contributed by atoms with Gasteiger partial charge >= 0.3 is 0 Å². The third-order valence-electron chi connectivity index (χ3n) is 11.0. The predicted octanol–water partition coefficient (Wildman–Crippen LogP) is 14.2. The van der Waals surface area contributed by atoms with Crippen molar-refractivity contribution in [3.05, 3.63) is 182 Å². The lowest BCUT2D eigenvalue weighted by molar-refractivity contribution is 1.65. The monoisotopic (exact) mass is 630 g/mol. The van der Waals surface area contributed by atoms with Crippen molar-refractivity contribution in [2.45, 2.75) is 0 Å². The first-order valence-electron chi connectivity index (χ1n) is 17.4. The van der Waals surface area contributed by atoms with E-state index < -0.39 is 0 Å². The molecule has 0 saturated carbocycles. The molecule has 11 aromatic rings. The molecule has 0 radical (unpaired) electrons. The molecule has 0 aliphatic carbocycles. The van der Waals surface area contributed by atoms with Crippen LogP contribution in [0, 0.1) is 0 Å². The highest BCUT2D eigenvalue weighted by Crippen LogP contribution is 2.45. The Balaban J connectivity index is 1.23. The normalized spacial score (nSPS) is 12.0. The van der Waals surface area contributed by atoms with Gasteiger partial charge in [-0.05, 0) is 127 Å². The highest BCUT2D eigenvalue weighted by Gasteiger charge is 2.17. The molecule has 0 heteroatoms. The quantitative estimate of drug-likeness (QED) is 0.167. The number of hydrogen-bond donors (Lipinski definition) is 0. The molecular formula is C50H30. The first-order valence-corrected chi connectivity index (χ1v) is 17.4. The van der Waals surface area contributed by atoms with Crippen LogP contribution in [0.5, 0.6) is 0 Å². The molecule has 0 heterocycles. The standard InChI is InChI=1S/C50H30/c1-3-20-37-33(16-1)35-18-5-9-24-41(35)49-43-26-11-7-22-39(43)45(29-47(37)49)31-14-13-15-32(28-31)46-30-48-38-21-4-2-17-34(38)36-19-6-10-25-42(36)50(48)44-27-12-8-23-40(44)46/h1-30H. The van der Waals surface area contributed by atoms with Crippen LogP contribution >= 0.6 is 0 Å². The molecule has 0 bridgehead atoms. The number of fused-ring (bicyclic) bond motifs is 16. The fourth-order valence-electron chi connectivity index (χ4n) is 8.87. The lowest BCUT2D eigenvalue weighted by Gasteiger charge is -2.18. The van der Waals surface area contributed by atoms with Crippen LogP contribution in [0.3, 0.4) is 0 Å². The minimum absolute atomic E-state index is 1.23. The summed E-state index contributed by atoms with van der Waals surface area (Å²) < 4.78 is 0. The first kappa shape index (κ1) is 27.5. The van der Waals surface area contributed by atoms with Crippen LogP contribution < -0.4 is 0 Å². The van der Waals surface area contributed by atoms with Gasteiger partial charge in [-0.15, -0.1) is 0 Å². The highest BCUT2D eigenvalue weighted by atomic mass is 14.2. The molecule has 50 heavy (non-hydrogen) atoms. The summed E-state index contributed by atoms with van der Waals surface area (Å²) in [5.74, 6) is 0. The van der Waals surface area contributed by atoms with E-state index in [1.807, 2.05) is 0 Å². The van der Waals surface area contributed by atoms with Crippen molar-refractivity contribution in [2.24, 2.45) is 0 Å². The lowest BCUT2D eigenvalue weighted by Crippen LogP contribution is -1.90. The number of rotatable bonds is 2. The molecule has 0 nitrogen and oxygen atoms in total. The van der Waals surface area contributed by atoms with Gasteiger partial charge in [0.25, 0.3) is 0 Å². The van der Waals surface area contributed by atoms with Crippen molar-refractivity contribution in [2.75, 3.05) is 0 Å². The molecule has 0 N–H and O–H groups in total. The van der Waals surface area contributed by atoms with Gasteiger partial charge < -0.3 is 0 Å². The molecule has 0 amide bonds. The van der Waals surface area contributed by atoms with Gasteiger partial charge in [0.15, 0.2) is 0 Å². The van der Waals surface area contributed by atoms with Crippen LogP contribution in [0.4, 0.5) is 0 Å². The summed E-state index contributed by atoms with van der Waals surface area (Å²) in [5, 5.41) is 20.8. The summed E-state index contributed by atoms with van der Waals surface area (Å²) in [6.45, 7) is 0. The zero-order chi connectivity index (χ0) is 32.8. The van der Waals surface area contributed by atoms with Gasteiger partial charge in [0.05, 0.1) is 0 Å². The van der Waals surface area contributed by atoms with Crippen LogP contribution in [0.2, 0.25) is 0 Å². The van der Waals surface area contributed by atoms with E-state index in [9.17, 15) is 0 Å². The van der Waals surface area contributed by atoms with Gasteiger partial charge in [0.2, 0.25) is 0 Å². The predicted molar refractivity (Wildman–Crippen MR) is 217 cm³/mol. The van der Waals surface area contributed by atoms with Gasteiger partial charge in [-0.1, -0.05) is 164 Å². The smallest absolute Gasteiger partial charge is 0.00199 e. The second-order valence-corrected chi connectivity index (χ2v) is 13.5. The Hall–Kier alpha value is -6.50. The molecule has 0 aromatic heterocycles. The van der Waals surface area contributed by atoms with E-state index in [-0.39, 0.29) is 0 Å². The highest BCUT2D eigenvalue weighted by molar-refractivity contribution is 6.34. The summed E-state index contributed by atoms with van der Waals surface area (Å²) in [7, 11) is 0. The maximum atomic E-state index is 2.45. The second-order valence-electron chi connectivity index (χ2n) is 13.5. The second kappa shape index (κ2) is 10.5. The van der Waals surface area contributed by atoms with Gasteiger partial charge in [-0.3, -0.25) is 0 Å². The Morgan fingerprint density at radius 2 is 0.440 bits per heavy atom. The molecule has 0 saturated heterocycles. The van der Waals surface area contributed by atoms with Gasteiger partial charge in [0.1, 0.15) is 0 Å². The molecule has 0 spiro atoms. The molecule has 0 aliphatic rings. The lowest BCUT2D eigenvalue weighted by atomic mass is 9.85. The van der Waals surface area contributed by atoms with E-state index in [0.717, 1.165) is 0 Å². The van der Waals surface area contributed by atoms with Crippen LogP contribution in [-0.2, 0) is 0 Å². The molecule has 0 unspecified atom stereocenters. The number of hydrogen-bond acceptors (Lipinski definition) is 0. The Morgan fingerprint density at radius 3 is 0.800 bits per heavy atom. The first-order chi connectivity index (χ1) is 24.8. The number of benzene rings is 11. The summed E-state index contributed by atoms with van der Waals surface area (Å²) in [5.41, 5.74) is 4.98. The maximum absolute atomic E-state index is 2.45. The van der Waals surface area contributed by atoms with Crippen LogP contribution in [-0.4, -0.2) is 0 Å². The molecule has 230 valence electrons. The third-order valence-corrected chi connectivity index (χ3v) is 11.0. The molecule has 11 rings (SSSR count). The molecule has 0 atom stereocenters. The van der Waals surface area contributed by atoms with E-state index in [4.69, 9.17) is 0 Å². The van der Waals surface area contributed by atoms with Gasteiger partial charge in [0, 0.05) is 0 Å². The Bertz CT molecular complexity index is 2990. The molecule has 0 fully saturated rings. The van der Waals surface area contributed by atoms with Crippen molar-refractivity contribution in [1.82, 2.24) is 0 Å². The van der Waals surface area contributed by atoms with Crippen molar-refractivity contribution in [1.29, 1.82) is 0 Å².